The predicted octanol–water partition coefficient (Wildman–Crippen LogP) is -8.44. The molecule has 2 heterocycles. The second-order valence-electron chi connectivity index (χ2n) is 11.0. The van der Waals surface area contributed by atoms with Crippen LogP contribution >= 0.6 is 0 Å². The van der Waals surface area contributed by atoms with Gasteiger partial charge < -0.3 is 90.9 Å². The average Bonchev–Trinajstić information content (AvgIpc) is 3.00. The molecule has 0 aliphatic carbocycles. The first-order valence-electron chi connectivity index (χ1n) is 14.1. The molecule has 2 saturated heterocycles. The minimum absolute atomic E-state index is 0.742. The number of hydrogen-bond acceptors (Lipinski definition) is 18. The molecule has 268 valence electrons. The van der Waals surface area contributed by atoms with Crippen molar-refractivity contribution in [3.8, 4) is 0 Å². The zero-order valence-electron chi connectivity index (χ0n) is 24.8. The van der Waals surface area contributed by atoms with Gasteiger partial charge in [0.2, 0.25) is 11.8 Å². The molecule has 2 aliphatic rings. The summed E-state index contributed by atoms with van der Waals surface area (Å²) in [6, 6.07) is -3.08. The standard InChI is InChI=1S/C25H44N2O19/c1-8(31)26-10(4-28)21(45-23-20(40)19(39)18(38)14(6-30)44-23)17(37)13(35)7-43-25(24(41)42)3-11(33)15(27-9(2)32)22(46-25)16(36)12(34)5-29/h10-23,28-30,33-40H,3-7H2,1-2H3,(H,26,31)(H,27,32)(H,41,42)/t10-,11-,12+,13+,14+,15+,16+,17-,18-,19-,20+,21-,22+,23-,25+/m0/s1. The number of carboxylic acid groups (broad SMARTS) is 1. The Balaban J connectivity index is 2.36. The zero-order valence-corrected chi connectivity index (χ0v) is 24.8. The fourth-order valence-electron chi connectivity index (χ4n) is 5.06. The van der Waals surface area contributed by atoms with Crippen molar-refractivity contribution in [2.75, 3.05) is 26.4 Å². The zero-order chi connectivity index (χ0) is 35.1. The molecule has 46 heavy (non-hydrogen) atoms. The van der Waals surface area contributed by atoms with Crippen molar-refractivity contribution in [1.82, 2.24) is 10.6 Å². The second-order valence-corrected chi connectivity index (χ2v) is 11.0. The molecule has 21 nitrogen and oxygen atoms in total. The summed E-state index contributed by atoms with van der Waals surface area (Å²) in [5.41, 5.74) is 0. The van der Waals surface area contributed by atoms with Gasteiger partial charge in [0.05, 0.1) is 44.6 Å². The van der Waals surface area contributed by atoms with Gasteiger partial charge in [0.25, 0.3) is 5.79 Å². The number of nitrogens with one attached hydrogen (secondary N) is 2. The molecular formula is C25H44N2O19. The minimum atomic E-state index is -2.91. The van der Waals surface area contributed by atoms with E-state index in [0.29, 0.717) is 0 Å². The van der Waals surface area contributed by atoms with E-state index in [1.54, 1.807) is 0 Å². The molecule has 0 aromatic heterocycles. The van der Waals surface area contributed by atoms with Gasteiger partial charge >= 0.3 is 5.97 Å². The number of aliphatic carboxylic acids is 1. The number of amides is 2. The quantitative estimate of drug-likeness (QED) is 0.0721. The monoisotopic (exact) mass is 676 g/mol. The van der Waals surface area contributed by atoms with Crippen molar-refractivity contribution in [2.45, 2.75) is 112 Å². The summed E-state index contributed by atoms with van der Waals surface area (Å²) in [5.74, 6) is -6.34. The van der Waals surface area contributed by atoms with E-state index in [-0.39, 0.29) is 0 Å². The first-order chi connectivity index (χ1) is 21.4. The van der Waals surface area contributed by atoms with Crippen molar-refractivity contribution >= 4 is 17.8 Å². The first-order valence-corrected chi connectivity index (χ1v) is 14.1. The van der Waals surface area contributed by atoms with Crippen LogP contribution in [0.1, 0.15) is 20.3 Å². The highest BCUT2D eigenvalue weighted by atomic mass is 16.7. The van der Waals surface area contributed by atoms with Crippen LogP contribution in [0.3, 0.4) is 0 Å². The number of carboxylic acids is 1. The minimum Gasteiger partial charge on any atom is -0.477 e. The highest BCUT2D eigenvalue weighted by molar-refractivity contribution is 5.76. The molecule has 15 atom stereocenters. The van der Waals surface area contributed by atoms with Gasteiger partial charge in [-0.05, 0) is 0 Å². The van der Waals surface area contributed by atoms with Crippen molar-refractivity contribution in [3.05, 3.63) is 0 Å². The molecule has 21 heteroatoms. The Labute approximate surface area is 261 Å². The van der Waals surface area contributed by atoms with Gasteiger partial charge in [-0.25, -0.2) is 4.79 Å². The predicted molar refractivity (Wildman–Crippen MR) is 144 cm³/mol. The first kappa shape index (κ1) is 40.0. The van der Waals surface area contributed by atoms with Crippen molar-refractivity contribution in [1.29, 1.82) is 0 Å². The second kappa shape index (κ2) is 17.3. The van der Waals surface area contributed by atoms with E-state index in [9.17, 15) is 75.7 Å². The van der Waals surface area contributed by atoms with E-state index in [0.717, 1.165) is 13.8 Å². The van der Waals surface area contributed by atoms with Gasteiger partial charge in [0.15, 0.2) is 6.29 Å². The van der Waals surface area contributed by atoms with Gasteiger partial charge in [-0.3, -0.25) is 9.59 Å². The molecule has 2 fully saturated rings. The molecular weight excluding hydrogens is 632 g/mol. The van der Waals surface area contributed by atoms with Crippen LogP contribution in [-0.2, 0) is 33.3 Å². The molecule has 0 aromatic carbocycles. The van der Waals surface area contributed by atoms with Gasteiger partial charge in [-0.15, -0.1) is 0 Å². The van der Waals surface area contributed by atoms with Crippen LogP contribution < -0.4 is 10.6 Å². The maximum absolute atomic E-state index is 12.4. The Morgan fingerprint density at radius 1 is 0.913 bits per heavy atom. The summed E-state index contributed by atoms with van der Waals surface area (Å²) in [6.45, 7) is -1.96. The summed E-state index contributed by atoms with van der Waals surface area (Å²) < 4.78 is 21.5. The van der Waals surface area contributed by atoms with Crippen LogP contribution in [-0.4, -0.2) is 197 Å². The maximum atomic E-state index is 12.4. The van der Waals surface area contributed by atoms with Crippen molar-refractivity contribution in [3.63, 3.8) is 0 Å². The van der Waals surface area contributed by atoms with E-state index in [1.165, 1.54) is 0 Å². The Hall–Kier alpha value is -2.19. The summed E-state index contributed by atoms with van der Waals surface area (Å²) >= 11 is 0. The number of carbonyl (C=O) groups excluding carboxylic acids is 2. The van der Waals surface area contributed by atoms with Crippen molar-refractivity contribution < 1.29 is 94.6 Å². The number of aliphatic hydroxyl groups is 11. The lowest BCUT2D eigenvalue weighted by Gasteiger charge is -2.47. The molecule has 0 bridgehead atoms. The molecule has 0 spiro atoms. The smallest absolute Gasteiger partial charge is 0.364 e. The van der Waals surface area contributed by atoms with Gasteiger partial charge in [-0.1, -0.05) is 0 Å². The van der Waals surface area contributed by atoms with Crippen LogP contribution in [0.15, 0.2) is 0 Å². The fraction of sp³-hybridized carbons (Fsp3) is 0.880. The molecule has 0 saturated carbocycles. The number of aliphatic hydroxyl groups excluding tert-OH is 11. The number of carbonyl (C=O) groups is 3. The van der Waals surface area contributed by atoms with Crippen LogP contribution in [0.4, 0.5) is 0 Å². The van der Waals surface area contributed by atoms with Gasteiger partial charge in [0.1, 0.15) is 61.0 Å². The van der Waals surface area contributed by atoms with Crippen molar-refractivity contribution in [2.24, 2.45) is 0 Å². The van der Waals surface area contributed by atoms with Crippen LogP contribution in [0.5, 0.6) is 0 Å². The van der Waals surface area contributed by atoms with Crippen LogP contribution in [0.25, 0.3) is 0 Å². The molecule has 0 radical (unpaired) electrons. The maximum Gasteiger partial charge on any atom is 0.364 e. The molecule has 2 amide bonds. The summed E-state index contributed by atoms with van der Waals surface area (Å²) in [7, 11) is 0. The summed E-state index contributed by atoms with van der Waals surface area (Å²) in [5, 5.41) is 127. The highest BCUT2D eigenvalue weighted by Crippen LogP contribution is 2.34. The number of ether oxygens (including phenoxy) is 4. The molecule has 0 aromatic rings. The SMILES string of the molecule is CC(=O)N[C@H]1[C@H]([C@H](O)[C@H](O)CO)O[C@@](OC[C@@H](O)[C@H](O)[C@@H](O[C@@H]2O[C@H](CO)[C@H](O)[C@H](O)[C@H]2O)[C@H](CO)NC(C)=O)(C(=O)O)C[C@@H]1O. The Kier molecular flexibility index (Phi) is 15.0. The largest absolute Gasteiger partial charge is 0.477 e. The Bertz CT molecular complexity index is 1010. The van der Waals surface area contributed by atoms with Crippen LogP contribution in [0.2, 0.25) is 0 Å². The van der Waals surface area contributed by atoms with E-state index >= 15 is 0 Å². The van der Waals surface area contributed by atoms with Crippen LogP contribution in [0, 0.1) is 0 Å². The lowest BCUT2D eigenvalue weighted by Crippen LogP contribution is -2.68. The topological polar surface area (TPSA) is 355 Å². The van der Waals surface area contributed by atoms with Gasteiger partial charge in [-0.2, -0.15) is 0 Å². The third-order valence-corrected chi connectivity index (χ3v) is 7.53. The number of hydrogen-bond donors (Lipinski definition) is 14. The Morgan fingerprint density at radius 2 is 1.54 bits per heavy atom. The molecule has 2 aliphatic heterocycles. The third-order valence-electron chi connectivity index (χ3n) is 7.53. The Morgan fingerprint density at radius 3 is 2.04 bits per heavy atom. The third kappa shape index (κ3) is 9.46. The normalized spacial score (nSPS) is 35.7. The van der Waals surface area contributed by atoms with E-state index in [4.69, 9.17) is 18.9 Å². The molecule has 14 N–H and O–H groups in total. The van der Waals surface area contributed by atoms with E-state index in [1.807, 2.05) is 0 Å². The fourth-order valence-corrected chi connectivity index (χ4v) is 5.06. The lowest BCUT2D eigenvalue weighted by molar-refractivity contribution is -0.328. The summed E-state index contributed by atoms with van der Waals surface area (Å²) in [4.78, 5) is 35.8. The van der Waals surface area contributed by atoms with E-state index in [2.05, 4.69) is 10.6 Å². The highest BCUT2D eigenvalue weighted by Gasteiger charge is 2.56. The molecule has 2 rings (SSSR count). The van der Waals surface area contributed by atoms with E-state index < -0.39 is 142 Å². The molecule has 0 unspecified atom stereocenters. The lowest BCUT2D eigenvalue weighted by atomic mass is 9.88. The number of rotatable bonds is 16. The average molecular weight is 677 g/mol. The summed E-state index contributed by atoms with van der Waals surface area (Å²) in [6.07, 6.45) is -24.2. The van der Waals surface area contributed by atoms with Gasteiger partial charge in [0, 0.05) is 20.3 Å².